The first kappa shape index (κ1) is 24.4. The molecule has 7 heteroatoms. The lowest BCUT2D eigenvalue weighted by Gasteiger charge is -2.10. The maximum absolute atomic E-state index is 12.4. The van der Waals surface area contributed by atoms with E-state index in [4.69, 9.17) is 4.74 Å². The maximum Gasteiger partial charge on any atom is 0.305 e. The summed E-state index contributed by atoms with van der Waals surface area (Å²) in [5.41, 5.74) is 4.11. The van der Waals surface area contributed by atoms with Crippen molar-refractivity contribution in [3.8, 4) is 0 Å². The van der Waals surface area contributed by atoms with Crippen LogP contribution in [0.4, 0.5) is 0 Å². The molecule has 172 valence electrons. The van der Waals surface area contributed by atoms with Gasteiger partial charge >= 0.3 is 5.97 Å². The summed E-state index contributed by atoms with van der Waals surface area (Å²) in [5.74, 6) is -0.210. The number of esters is 1. The Kier molecular flexibility index (Phi) is 8.92. The van der Waals surface area contributed by atoms with Crippen molar-refractivity contribution in [1.82, 2.24) is 9.71 Å². The number of unbranched alkanes of at least 4 members (excludes halogenated alkanes) is 1. The van der Waals surface area contributed by atoms with E-state index in [1.807, 2.05) is 42.6 Å². The number of sulfonamides is 1. The number of rotatable bonds is 11. The highest BCUT2D eigenvalue weighted by Crippen LogP contribution is 2.24. The minimum Gasteiger partial charge on any atom is -0.469 e. The lowest BCUT2D eigenvalue weighted by Crippen LogP contribution is -2.25. The zero-order valence-electron chi connectivity index (χ0n) is 18.6. The van der Waals surface area contributed by atoms with Crippen molar-refractivity contribution < 1.29 is 17.9 Å². The second-order valence-corrected chi connectivity index (χ2v) is 9.25. The van der Waals surface area contributed by atoms with Crippen molar-refractivity contribution in [3.63, 3.8) is 0 Å². The zero-order valence-corrected chi connectivity index (χ0v) is 19.4. The molecule has 1 N–H and O–H groups in total. The van der Waals surface area contributed by atoms with Gasteiger partial charge in [0.15, 0.2) is 0 Å². The van der Waals surface area contributed by atoms with Crippen LogP contribution in [0, 0.1) is 0 Å². The molecule has 0 bridgehead atoms. The molecule has 0 unspecified atom stereocenters. The molecule has 0 radical (unpaired) electrons. The van der Waals surface area contributed by atoms with Crippen LogP contribution in [-0.2, 0) is 26.0 Å². The molecule has 1 aromatic heterocycles. The van der Waals surface area contributed by atoms with E-state index in [0.29, 0.717) is 25.8 Å². The van der Waals surface area contributed by atoms with Gasteiger partial charge in [-0.25, -0.2) is 13.1 Å². The first-order chi connectivity index (χ1) is 16.0. The number of allylic oxidation sites excluding steroid dienone is 1. The monoisotopic (exact) mass is 464 g/mol. The number of nitrogens with zero attached hydrogens (tertiary/aromatic N) is 1. The van der Waals surface area contributed by atoms with Gasteiger partial charge in [-0.05, 0) is 54.2 Å². The molecule has 3 aromatic rings. The van der Waals surface area contributed by atoms with E-state index in [2.05, 4.69) is 15.8 Å². The fraction of sp³-hybridized carbons (Fsp3) is 0.231. The molecule has 0 aliphatic heterocycles. The fourth-order valence-electron chi connectivity index (χ4n) is 3.38. The maximum atomic E-state index is 12.4. The Hall–Kier alpha value is -3.29. The molecular weight excluding hydrogens is 436 g/mol. The van der Waals surface area contributed by atoms with Gasteiger partial charge in [0.05, 0.1) is 12.0 Å². The van der Waals surface area contributed by atoms with Gasteiger partial charge < -0.3 is 4.74 Å². The standard InChI is InChI=1S/C26H28N2O4S/c1-32-26(29)12-6-5-11-25(23-8-7-18-27-20-23)22-15-13-21(14-16-22)17-19-28-33(30,31)24-9-3-2-4-10-24/h2-4,7-11,13-16,18,20,28H,5-6,12,17,19H2,1H3/b25-11+. The molecule has 6 nitrogen and oxygen atoms in total. The molecular formula is C26H28N2O4S. The first-order valence-electron chi connectivity index (χ1n) is 10.8. The number of methoxy groups -OCH3 is 1. The van der Waals surface area contributed by atoms with E-state index < -0.39 is 10.0 Å². The first-order valence-corrected chi connectivity index (χ1v) is 12.3. The van der Waals surface area contributed by atoms with E-state index in [1.165, 1.54) is 7.11 Å². The molecule has 33 heavy (non-hydrogen) atoms. The van der Waals surface area contributed by atoms with Gasteiger partial charge in [-0.2, -0.15) is 0 Å². The minimum atomic E-state index is -3.51. The minimum absolute atomic E-state index is 0.210. The number of hydrogen-bond donors (Lipinski definition) is 1. The van der Waals surface area contributed by atoms with Crippen LogP contribution in [0.2, 0.25) is 0 Å². The van der Waals surface area contributed by atoms with Crippen molar-refractivity contribution in [1.29, 1.82) is 0 Å². The third kappa shape index (κ3) is 7.37. The largest absolute Gasteiger partial charge is 0.469 e. The highest BCUT2D eigenvalue weighted by Gasteiger charge is 2.12. The Labute approximate surface area is 195 Å². The Balaban J connectivity index is 1.65. The van der Waals surface area contributed by atoms with Gasteiger partial charge in [0.1, 0.15) is 0 Å². The van der Waals surface area contributed by atoms with Crippen molar-refractivity contribution >= 4 is 21.6 Å². The zero-order chi connectivity index (χ0) is 23.5. The van der Waals surface area contributed by atoms with Gasteiger partial charge in [0.25, 0.3) is 0 Å². The van der Waals surface area contributed by atoms with E-state index in [-0.39, 0.29) is 10.9 Å². The Bertz CT molecular complexity index is 1160. The van der Waals surface area contributed by atoms with E-state index in [9.17, 15) is 13.2 Å². The van der Waals surface area contributed by atoms with Crippen LogP contribution in [0.5, 0.6) is 0 Å². The average Bonchev–Trinajstić information content (AvgIpc) is 2.85. The number of aromatic nitrogens is 1. The van der Waals surface area contributed by atoms with E-state index in [1.54, 1.807) is 36.5 Å². The summed E-state index contributed by atoms with van der Waals surface area (Å²) < 4.78 is 32.1. The average molecular weight is 465 g/mol. The predicted octanol–water partition coefficient (Wildman–Crippen LogP) is 4.38. The van der Waals surface area contributed by atoms with Crippen LogP contribution >= 0.6 is 0 Å². The van der Waals surface area contributed by atoms with Crippen LogP contribution in [0.25, 0.3) is 5.57 Å². The Morgan fingerprint density at radius 2 is 1.76 bits per heavy atom. The summed E-state index contributed by atoms with van der Waals surface area (Å²) >= 11 is 0. The second kappa shape index (κ2) is 12.1. The number of carbonyl (C=O) groups excluding carboxylic acids is 1. The molecule has 0 atom stereocenters. The summed E-state index contributed by atoms with van der Waals surface area (Å²) in [6.07, 6.45) is 8.07. The van der Waals surface area contributed by atoms with Crippen LogP contribution < -0.4 is 4.72 Å². The van der Waals surface area contributed by atoms with Gasteiger partial charge in [-0.15, -0.1) is 0 Å². The summed E-state index contributed by atoms with van der Waals surface area (Å²) in [6, 6.07) is 20.3. The van der Waals surface area contributed by atoms with Gasteiger partial charge in [0.2, 0.25) is 10.0 Å². The third-order valence-corrected chi connectivity index (χ3v) is 6.63. The fourth-order valence-corrected chi connectivity index (χ4v) is 4.44. The van der Waals surface area contributed by atoms with Crippen molar-refractivity contribution in [3.05, 3.63) is 102 Å². The molecule has 0 aliphatic carbocycles. The molecule has 0 saturated carbocycles. The topological polar surface area (TPSA) is 85.4 Å². The number of ether oxygens (including phenoxy) is 1. The molecule has 0 amide bonds. The summed E-state index contributed by atoms with van der Waals surface area (Å²) in [6.45, 7) is 0.315. The Morgan fingerprint density at radius 3 is 2.42 bits per heavy atom. The second-order valence-electron chi connectivity index (χ2n) is 7.49. The van der Waals surface area contributed by atoms with Crippen molar-refractivity contribution in [2.45, 2.75) is 30.6 Å². The summed E-state index contributed by atoms with van der Waals surface area (Å²) in [5, 5.41) is 0. The lowest BCUT2D eigenvalue weighted by atomic mass is 9.96. The smallest absolute Gasteiger partial charge is 0.305 e. The SMILES string of the molecule is COC(=O)CCC/C=C(\c1ccc(CCNS(=O)(=O)c2ccccc2)cc1)c1cccnc1. The molecule has 0 saturated heterocycles. The van der Waals surface area contributed by atoms with Crippen molar-refractivity contribution in [2.24, 2.45) is 0 Å². The predicted molar refractivity (Wildman–Crippen MR) is 129 cm³/mol. The highest BCUT2D eigenvalue weighted by atomic mass is 32.2. The van der Waals surface area contributed by atoms with Crippen LogP contribution in [0.3, 0.4) is 0 Å². The molecule has 0 fully saturated rings. The molecule has 0 spiro atoms. The molecule has 1 heterocycles. The van der Waals surface area contributed by atoms with Gasteiger partial charge in [0, 0.05) is 30.9 Å². The molecule has 2 aromatic carbocycles. The number of hydrogen-bond acceptors (Lipinski definition) is 5. The number of benzene rings is 2. The van der Waals surface area contributed by atoms with E-state index >= 15 is 0 Å². The van der Waals surface area contributed by atoms with Crippen LogP contribution in [0.1, 0.15) is 36.0 Å². The molecule has 3 rings (SSSR count). The number of nitrogens with one attached hydrogen (secondary N) is 1. The quantitative estimate of drug-likeness (QED) is 0.336. The normalized spacial score (nSPS) is 11.8. The van der Waals surface area contributed by atoms with E-state index in [0.717, 1.165) is 28.7 Å². The van der Waals surface area contributed by atoms with Gasteiger partial charge in [-0.3, -0.25) is 9.78 Å². The number of carbonyl (C=O) groups is 1. The number of pyridine rings is 1. The third-order valence-electron chi connectivity index (χ3n) is 5.16. The van der Waals surface area contributed by atoms with Gasteiger partial charge in [-0.1, -0.05) is 54.6 Å². The lowest BCUT2D eigenvalue weighted by molar-refractivity contribution is -0.140. The van der Waals surface area contributed by atoms with Crippen LogP contribution in [0.15, 0.2) is 90.1 Å². The molecule has 0 aliphatic rings. The van der Waals surface area contributed by atoms with Crippen molar-refractivity contribution in [2.75, 3.05) is 13.7 Å². The Morgan fingerprint density at radius 1 is 1.00 bits per heavy atom. The summed E-state index contributed by atoms with van der Waals surface area (Å²) in [4.78, 5) is 15.9. The highest BCUT2D eigenvalue weighted by molar-refractivity contribution is 7.89. The summed E-state index contributed by atoms with van der Waals surface area (Å²) in [7, 11) is -2.11. The van der Waals surface area contributed by atoms with Crippen LogP contribution in [-0.4, -0.2) is 33.0 Å².